The zero-order valence-corrected chi connectivity index (χ0v) is 12.5. The van der Waals surface area contributed by atoms with Crippen molar-refractivity contribution in [3.8, 4) is 5.75 Å². The van der Waals surface area contributed by atoms with Crippen LogP contribution < -0.4 is 10.5 Å². The standard InChI is InChI=1S/C9H15NO2.C7H6F2O/c1-3-5-9(4-2)12-7-8(11)6-10;1-10-7-3-5(8)2-6(9)4-7/h3-5,8,11H,1-2,6-7,10H2;2-4H,1H3/b9-5+;/t8-;/m1./s1. The summed E-state index contributed by atoms with van der Waals surface area (Å²) in [6.45, 7) is 7.41. The maximum Gasteiger partial charge on any atom is 0.129 e. The van der Waals surface area contributed by atoms with E-state index in [9.17, 15) is 8.78 Å². The number of aliphatic hydroxyl groups excluding tert-OH is 1. The SMILES string of the molecule is C=C/C=C(\C=C)OC[C@H](O)CN.COc1cc(F)cc(F)c1. The van der Waals surface area contributed by atoms with Gasteiger partial charge in [-0.15, -0.1) is 0 Å². The van der Waals surface area contributed by atoms with Gasteiger partial charge in [0, 0.05) is 24.7 Å². The average Bonchev–Trinajstić information content (AvgIpc) is 2.50. The molecule has 0 aliphatic rings. The number of ether oxygens (including phenoxy) is 2. The molecule has 1 rings (SSSR count). The van der Waals surface area contributed by atoms with Gasteiger partial charge in [0.25, 0.3) is 0 Å². The van der Waals surface area contributed by atoms with Crippen LogP contribution in [0.4, 0.5) is 8.78 Å². The summed E-state index contributed by atoms with van der Waals surface area (Å²) in [4.78, 5) is 0. The summed E-state index contributed by atoms with van der Waals surface area (Å²) in [6, 6.07) is 3.02. The van der Waals surface area contributed by atoms with E-state index in [-0.39, 0.29) is 18.9 Å². The molecule has 0 saturated carbocycles. The Kier molecular flexibility index (Phi) is 10.3. The molecule has 0 aromatic heterocycles. The molecule has 0 aliphatic heterocycles. The van der Waals surface area contributed by atoms with Crippen molar-refractivity contribution < 1.29 is 23.4 Å². The number of hydrogen-bond acceptors (Lipinski definition) is 4. The minimum Gasteiger partial charge on any atom is -0.497 e. The second-order valence-corrected chi connectivity index (χ2v) is 4.02. The number of rotatable bonds is 7. The molecule has 0 radical (unpaired) electrons. The van der Waals surface area contributed by atoms with Gasteiger partial charge in [-0.2, -0.15) is 0 Å². The van der Waals surface area contributed by atoms with Crippen molar-refractivity contribution in [3.63, 3.8) is 0 Å². The van der Waals surface area contributed by atoms with E-state index in [1.54, 1.807) is 18.2 Å². The molecular weight excluding hydrogens is 292 g/mol. The summed E-state index contributed by atoms with van der Waals surface area (Å²) < 4.78 is 34.3. The molecule has 0 amide bonds. The lowest BCUT2D eigenvalue weighted by atomic mass is 10.3. The molecule has 0 bridgehead atoms. The Labute approximate surface area is 129 Å². The van der Waals surface area contributed by atoms with E-state index in [1.165, 1.54) is 7.11 Å². The van der Waals surface area contributed by atoms with Gasteiger partial charge < -0.3 is 20.3 Å². The van der Waals surface area contributed by atoms with Crippen LogP contribution in [0.2, 0.25) is 0 Å². The van der Waals surface area contributed by atoms with Crippen LogP contribution in [0.3, 0.4) is 0 Å². The third-order valence-corrected chi connectivity index (χ3v) is 2.27. The highest BCUT2D eigenvalue weighted by Gasteiger charge is 2.01. The van der Waals surface area contributed by atoms with Crippen molar-refractivity contribution in [2.75, 3.05) is 20.3 Å². The van der Waals surface area contributed by atoms with Crippen molar-refractivity contribution >= 4 is 0 Å². The van der Waals surface area contributed by atoms with E-state index in [4.69, 9.17) is 15.6 Å². The molecule has 0 spiro atoms. The molecule has 122 valence electrons. The first-order valence-corrected chi connectivity index (χ1v) is 6.43. The zero-order valence-electron chi connectivity index (χ0n) is 12.5. The molecule has 0 fully saturated rings. The highest BCUT2D eigenvalue weighted by molar-refractivity contribution is 5.23. The first kappa shape index (κ1) is 19.8. The number of nitrogens with two attached hydrogens (primary N) is 1. The predicted octanol–water partition coefficient (Wildman–Crippen LogP) is 2.55. The lowest BCUT2D eigenvalue weighted by molar-refractivity contribution is 0.0815. The number of allylic oxidation sites excluding steroid dienone is 3. The molecule has 22 heavy (non-hydrogen) atoms. The van der Waals surface area contributed by atoms with Gasteiger partial charge in [-0.25, -0.2) is 8.78 Å². The summed E-state index contributed by atoms with van der Waals surface area (Å²) in [5, 5.41) is 9.03. The highest BCUT2D eigenvalue weighted by atomic mass is 19.1. The summed E-state index contributed by atoms with van der Waals surface area (Å²) in [5.41, 5.74) is 5.18. The zero-order chi connectivity index (χ0) is 17.0. The number of aliphatic hydroxyl groups is 1. The Balaban J connectivity index is 0.000000406. The smallest absolute Gasteiger partial charge is 0.129 e. The Bertz CT molecular complexity index is 484. The first-order chi connectivity index (χ1) is 10.5. The van der Waals surface area contributed by atoms with Crippen LogP contribution in [0, 0.1) is 11.6 Å². The summed E-state index contributed by atoms with van der Waals surface area (Å²) >= 11 is 0. The topological polar surface area (TPSA) is 64.7 Å². The Morgan fingerprint density at radius 2 is 1.91 bits per heavy atom. The van der Waals surface area contributed by atoms with E-state index in [1.807, 2.05) is 0 Å². The molecule has 6 heteroatoms. The van der Waals surface area contributed by atoms with Crippen LogP contribution >= 0.6 is 0 Å². The molecule has 0 aliphatic carbocycles. The molecule has 3 N–H and O–H groups in total. The number of methoxy groups -OCH3 is 1. The third kappa shape index (κ3) is 8.89. The van der Waals surface area contributed by atoms with Crippen LogP contribution in [0.5, 0.6) is 5.75 Å². The second-order valence-electron chi connectivity index (χ2n) is 4.02. The Morgan fingerprint density at radius 1 is 1.32 bits per heavy atom. The fourth-order valence-corrected chi connectivity index (χ4v) is 1.20. The van der Waals surface area contributed by atoms with Crippen LogP contribution in [-0.2, 0) is 4.74 Å². The average molecular weight is 313 g/mol. The van der Waals surface area contributed by atoms with Gasteiger partial charge >= 0.3 is 0 Å². The van der Waals surface area contributed by atoms with Crippen molar-refractivity contribution in [2.24, 2.45) is 5.73 Å². The van der Waals surface area contributed by atoms with Crippen LogP contribution in [0.15, 0.2) is 55.3 Å². The number of halogens is 2. The van der Waals surface area contributed by atoms with Gasteiger partial charge in [0.05, 0.1) is 7.11 Å². The van der Waals surface area contributed by atoms with Crippen LogP contribution in [-0.4, -0.2) is 31.5 Å². The van der Waals surface area contributed by atoms with Crippen LogP contribution in [0.25, 0.3) is 0 Å². The van der Waals surface area contributed by atoms with E-state index < -0.39 is 17.7 Å². The van der Waals surface area contributed by atoms with Gasteiger partial charge in [0.15, 0.2) is 0 Å². The molecule has 0 unspecified atom stereocenters. The van der Waals surface area contributed by atoms with E-state index in [2.05, 4.69) is 17.9 Å². The normalized spacial score (nSPS) is 11.8. The van der Waals surface area contributed by atoms with Gasteiger partial charge in [0.1, 0.15) is 35.9 Å². The fraction of sp³-hybridized carbons (Fsp3) is 0.250. The number of benzene rings is 1. The van der Waals surface area contributed by atoms with Crippen molar-refractivity contribution in [1.82, 2.24) is 0 Å². The van der Waals surface area contributed by atoms with E-state index in [0.717, 1.165) is 18.2 Å². The number of hydrogen-bond donors (Lipinski definition) is 2. The maximum atomic E-state index is 12.3. The summed E-state index contributed by atoms with van der Waals surface area (Å²) in [5.74, 6) is -0.483. The second kappa shape index (κ2) is 11.5. The van der Waals surface area contributed by atoms with Crippen LogP contribution in [0.1, 0.15) is 0 Å². The minimum absolute atomic E-state index is 0.183. The Hall–Kier alpha value is -2.18. The molecule has 1 aromatic rings. The summed E-state index contributed by atoms with van der Waals surface area (Å²) in [6.07, 6.45) is 4.17. The molecule has 1 aromatic carbocycles. The van der Waals surface area contributed by atoms with Gasteiger partial charge in [-0.3, -0.25) is 0 Å². The molecule has 1 atom stereocenters. The fourth-order valence-electron chi connectivity index (χ4n) is 1.20. The van der Waals surface area contributed by atoms with Gasteiger partial charge in [-0.05, 0) is 12.2 Å². The lowest BCUT2D eigenvalue weighted by Crippen LogP contribution is -2.24. The first-order valence-electron chi connectivity index (χ1n) is 6.43. The third-order valence-electron chi connectivity index (χ3n) is 2.27. The molecule has 0 heterocycles. The molecular formula is C16H21F2NO3. The van der Waals surface area contributed by atoms with Crippen molar-refractivity contribution in [1.29, 1.82) is 0 Å². The van der Waals surface area contributed by atoms with E-state index >= 15 is 0 Å². The molecule has 0 saturated heterocycles. The Morgan fingerprint density at radius 3 is 2.32 bits per heavy atom. The highest BCUT2D eigenvalue weighted by Crippen LogP contribution is 2.13. The van der Waals surface area contributed by atoms with Crippen molar-refractivity contribution in [3.05, 3.63) is 67.0 Å². The van der Waals surface area contributed by atoms with E-state index in [0.29, 0.717) is 5.76 Å². The lowest BCUT2D eigenvalue weighted by Gasteiger charge is -2.09. The minimum atomic E-state index is -0.628. The predicted molar refractivity (Wildman–Crippen MR) is 82.4 cm³/mol. The monoisotopic (exact) mass is 313 g/mol. The largest absolute Gasteiger partial charge is 0.497 e. The quantitative estimate of drug-likeness (QED) is 0.600. The van der Waals surface area contributed by atoms with Gasteiger partial charge in [0.2, 0.25) is 0 Å². The summed E-state index contributed by atoms with van der Waals surface area (Å²) in [7, 11) is 1.36. The van der Waals surface area contributed by atoms with Gasteiger partial charge in [-0.1, -0.05) is 19.2 Å². The molecule has 4 nitrogen and oxygen atoms in total. The van der Waals surface area contributed by atoms with Crippen molar-refractivity contribution in [2.45, 2.75) is 6.10 Å². The maximum absolute atomic E-state index is 12.3.